The molecule has 1 heterocycles. The van der Waals surface area contributed by atoms with Crippen LogP contribution in [-0.2, 0) is 21.2 Å². The van der Waals surface area contributed by atoms with E-state index in [2.05, 4.69) is 18.7 Å². The Hall–Kier alpha value is -2.61. The SMILES string of the molecule is CCN(CC)c1ccc(CN(C(=O)C(C)Oc2ccc(F)cc2)C2CCS(=O)(=O)C2)cc1. The highest BCUT2D eigenvalue weighted by Crippen LogP contribution is 2.24. The molecule has 2 aromatic rings. The van der Waals surface area contributed by atoms with E-state index in [4.69, 9.17) is 4.74 Å². The van der Waals surface area contributed by atoms with Crippen molar-refractivity contribution in [1.29, 1.82) is 0 Å². The predicted octanol–water partition coefficient (Wildman–Crippen LogP) is 3.66. The number of benzene rings is 2. The van der Waals surface area contributed by atoms with Crippen LogP contribution in [0.5, 0.6) is 5.75 Å². The van der Waals surface area contributed by atoms with Gasteiger partial charge in [-0.25, -0.2) is 12.8 Å². The molecule has 3 rings (SSSR count). The first-order valence-electron chi connectivity index (χ1n) is 11.0. The van der Waals surface area contributed by atoms with Crippen LogP contribution in [-0.4, -0.2) is 56.0 Å². The van der Waals surface area contributed by atoms with Crippen LogP contribution in [0.3, 0.4) is 0 Å². The molecule has 174 valence electrons. The van der Waals surface area contributed by atoms with E-state index in [-0.39, 0.29) is 23.2 Å². The number of rotatable bonds is 9. The molecular weight excluding hydrogens is 431 g/mol. The zero-order valence-electron chi connectivity index (χ0n) is 18.8. The van der Waals surface area contributed by atoms with Crippen LogP contribution in [0.2, 0.25) is 0 Å². The average Bonchev–Trinajstić information content (AvgIpc) is 3.14. The Morgan fingerprint density at radius 1 is 1.09 bits per heavy atom. The molecule has 0 aromatic heterocycles. The van der Waals surface area contributed by atoms with Gasteiger partial charge in [0.2, 0.25) is 0 Å². The van der Waals surface area contributed by atoms with Gasteiger partial charge in [-0.05, 0) is 69.2 Å². The summed E-state index contributed by atoms with van der Waals surface area (Å²) in [6.07, 6.45) is -0.423. The molecule has 1 saturated heterocycles. The third kappa shape index (κ3) is 6.00. The lowest BCUT2D eigenvalue weighted by atomic mass is 10.1. The van der Waals surface area contributed by atoms with E-state index in [1.807, 2.05) is 24.3 Å². The van der Waals surface area contributed by atoms with Crippen molar-refractivity contribution in [3.05, 3.63) is 59.9 Å². The number of ether oxygens (including phenoxy) is 1. The molecule has 0 saturated carbocycles. The Bertz CT molecular complexity index is 1010. The summed E-state index contributed by atoms with van der Waals surface area (Å²) in [5, 5.41) is 0. The molecule has 0 radical (unpaired) electrons. The first-order chi connectivity index (χ1) is 15.2. The lowest BCUT2D eigenvalue weighted by molar-refractivity contribution is -0.140. The molecule has 6 nitrogen and oxygen atoms in total. The van der Waals surface area contributed by atoms with Crippen molar-refractivity contribution in [2.75, 3.05) is 29.5 Å². The number of nitrogens with zero attached hydrogens (tertiary/aromatic N) is 2. The summed E-state index contributed by atoms with van der Waals surface area (Å²) in [6, 6.07) is 13.1. The summed E-state index contributed by atoms with van der Waals surface area (Å²) >= 11 is 0. The average molecular weight is 463 g/mol. The summed E-state index contributed by atoms with van der Waals surface area (Å²) in [4.78, 5) is 17.2. The first kappa shape index (κ1) is 24.0. The maximum atomic E-state index is 13.3. The van der Waals surface area contributed by atoms with Crippen molar-refractivity contribution in [3.8, 4) is 5.75 Å². The van der Waals surface area contributed by atoms with Gasteiger partial charge >= 0.3 is 0 Å². The monoisotopic (exact) mass is 462 g/mol. The Morgan fingerprint density at radius 3 is 2.25 bits per heavy atom. The molecule has 2 aromatic carbocycles. The largest absolute Gasteiger partial charge is 0.481 e. The molecule has 8 heteroatoms. The quantitative estimate of drug-likeness (QED) is 0.569. The van der Waals surface area contributed by atoms with Gasteiger partial charge in [-0.1, -0.05) is 12.1 Å². The Kier molecular flexibility index (Phi) is 7.77. The molecule has 0 bridgehead atoms. The molecule has 0 N–H and O–H groups in total. The molecule has 2 atom stereocenters. The summed E-state index contributed by atoms with van der Waals surface area (Å²) in [6.45, 7) is 7.93. The molecule has 1 fully saturated rings. The van der Waals surface area contributed by atoms with Gasteiger partial charge < -0.3 is 14.5 Å². The fourth-order valence-corrected chi connectivity index (χ4v) is 5.74. The zero-order valence-corrected chi connectivity index (χ0v) is 19.6. The Morgan fingerprint density at radius 2 is 1.72 bits per heavy atom. The van der Waals surface area contributed by atoms with Gasteiger partial charge in [0.25, 0.3) is 5.91 Å². The van der Waals surface area contributed by atoms with E-state index in [0.29, 0.717) is 18.7 Å². The number of amides is 1. The fourth-order valence-electron chi connectivity index (χ4n) is 4.01. The van der Waals surface area contributed by atoms with E-state index in [0.717, 1.165) is 24.3 Å². The lowest BCUT2D eigenvalue weighted by Crippen LogP contribution is -2.46. The second-order valence-corrected chi connectivity index (χ2v) is 10.3. The minimum atomic E-state index is -3.16. The van der Waals surface area contributed by atoms with Gasteiger partial charge in [0.1, 0.15) is 11.6 Å². The van der Waals surface area contributed by atoms with E-state index in [1.165, 1.54) is 24.3 Å². The van der Waals surface area contributed by atoms with Crippen molar-refractivity contribution in [3.63, 3.8) is 0 Å². The number of carbonyl (C=O) groups excluding carboxylic acids is 1. The third-order valence-corrected chi connectivity index (χ3v) is 7.57. The normalized spacial score (nSPS) is 18.2. The lowest BCUT2D eigenvalue weighted by Gasteiger charge is -2.31. The maximum Gasteiger partial charge on any atom is 0.263 e. The van der Waals surface area contributed by atoms with Gasteiger partial charge in [-0.2, -0.15) is 0 Å². The van der Waals surface area contributed by atoms with Crippen LogP contribution in [0.1, 0.15) is 32.8 Å². The number of carbonyl (C=O) groups is 1. The van der Waals surface area contributed by atoms with Crippen LogP contribution < -0.4 is 9.64 Å². The highest BCUT2D eigenvalue weighted by atomic mass is 32.2. The van der Waals surface area contributed by atoms with Gasteiger partial charge in [-0.15, -0.1) is 0 Å². The minimum Gasteiger partial charge on any atom is -0.481 e. The van der Waals surface area contributed by atoms with Crippen molar-refractivity contribution in [2.24, 2.45) is 0 Å². The Labute approximate surface area is 189 Å². The van der Waals surface area contributed by atoms with Crippen molar-refractivity contribution >= 4 is 21.4 Å². The highest BCUT2D eigenvalue weighted by Gasteiger charge is 2.36. The van der Waals surface area contributed by atoms with Crippen molar-refractivity contribution in [2.45, 2.75) is 45.9 Å². The molecule has 0 spiro atoms. The molecule has 2 unspecified atom stereocenters. The van der Waals surface area contributed by atoms with Gasteiger partial charge in [0.05, 0.1) is 11.5 Å². The second kappa shape index (κ2) is 10.3. The van der Waals surface area contributed by atoms with E-state index in [9.17, 15) is 17.6 Å². The van der Waals surface area contributed by atoms with Crippen LogP contribution in [0.25, 0.3) is 0 Å². The standard InChI is InChI=1S/C24H31FN2O4S/c1-4-26(5-2)21-10-6-19(7-11-21)16-27(22-14-15-32(29,30)17-22)24(28)18(3)31-23-12-8-20(25)9-13-23/h6-13,18,22H,4-5,14-17H2,1-3H3. The fraction of sp³-hybridized carbons (Fsp3) is 0.458. The molecule has 0 aliphatic carbocycles. The van der Waals surface area contributed by atoms with Gasteiger partial charge in [-0.3, -0.25) is 4.79 Å². The summed E-state index contributed by atoms with van der Waals surface area (Å²) in [5.74, 6) is -0.254. The molecule has 1 aliphatic rings. The summed E-state index contributed by atoms with van der Waals surface area (Å²) in [5.41, 5.74) is 2.03. The van der Waals surface area contributed by atoms with Crippen LogP contribution in [0, 0.1) is 5.82 Å². The predicted molar refractivity (Wildman–Crippen MR) is 124 cm³/mol. The zero-order chi connectivity index (χ0) is 23.3. The van der Waals surface area contributed by atoms with Crippen LogP contribution in [0.4, 0.5) is 10.1 Å². The smallest absolute Gasteiger partial charge is 0.263 e. The molecular formula is C24H31FN2O4S. The van der Waals surface area contributed by atoms with Crippen molar-refractivity contribution < 1.29 is 22.3 Å². The first-order valence-corrected chi connectivity index (χ1v) is 12.8. The minimum absolute atomic E-state index is 0.0421. The molecule has 1 aliphatic heterocycles. The van der Waals surface area contributed by atoms with Crippen LogP contribution in [0.15, 0.2) is 48.5 Å². The molecule has 1 amide bonds. The molecule has 32 heavy (non-hydrogen) atoms. The number of hydrogen-bond acceptors (Lipinski definition) is 5. The van der Waals surface area contributed by atoms with Crippen molar-refractivity contribution in [1.82, 2.24) is 4.90 Å². The number of hydrogen-bond donors (Lipinski definition) is 0. The van der Waals surface area contributed by atoms with Crippen LogP contribution >= 0.6 is 0 Å². The number of sulfone groups is 1. The maximum absolute atomic E-state index is 13.3. The van der Waals surface area contributed by atoms with E-state index < -0.39 is 22.0 Å². The van der Waals surface area contributed by atoms with Gasteiger partial charge in [0.15, 0.2) is 15.9 Å². The Balaban J connectivity index is 1.78. The van der Waals surface area contributed by atoms with E-state index >= 15 is 0 Å². The highest BCUT2D eigenvalue weighted by molar-refractivity contribution is 7.91. The second-order valence-electron chi connectivity index (χ2n) is 8.08. The summed E-state index contributed by atoms with van der Waals surface area (Å²) in [7, 11) is -3.16. The number of halogens is 1. The van der Waals surface area contributed by atoms with Gasteiger partial charge in [0, 0.05) is 31.4 Å². The third-order valence-electron chi connectivity index (χ3n) is 5.82. The topological polar surface area (TPSA) is 66.9 Å². The van der Waals surface area contributed by atoms with E-state index in [1.54, 1.807) is 11.8 Å². The summed E-state index contributed by atoms with van der Waals surface area (Å²) < 4.78 is 43.1. The number of anilines is 1.